The van der Waals surface area contributed by atoms with Crippen LogP contribution in [-0.2, 0) is 0 Å². The average molecular weight is 258 g/mol. The van der Waals surface area contributed by atoms with Crippen molar-refractivity contribution in [1.82, 2.24) is 5.32 Å². The molecular weight excluding hydrogens is 246 g/mol. The van der Waals surface area contributed by atoms with Crippen LogP contribution in [0, 0.1) is 0 Å². The number of thioether (sulfide) groups is 1. The molecule has 0 spiro atoms. The molecule has 0 aliphatic carbocycles. The van der Waals surface area contributed by atoms with Crippen molar-refractivity contribution in [3.05, 3.63) is 28.7 Å². The third-order valence-corrected chi connectivity index (χ3v) is 3.94. The van der Waals surface area contributed by atoms with Gasteiger partial charge in [0.25, 0.3) is 0 Å². The van der Waals surface area contributed by atoms with Gasteiger partial charge in [0.15, 0.2) is 0 Å². The van der Waals surface area contributed by atoms with Crippen molar-refractivity contribution in [2.75, 3.05) is 13.1 Å². The van der Waals surface area contributed by atoms with E-state index in [0.717, 1.165) is 16.3 Å². The molecule has 0 amide bonds. The summed E-state index contributed by atoms with van der Waals surface area (Å²) in [6.45, 7) is 2.33. The quantitative estimate of drug-likeness (QED) is 0.875. The van der Waals surface area contributed by atoms with Crippen molar-refractivity contribution in [2.24, 2.45) is 0 Å². The summed E-state index contributed by atoms with van der Waals surface area (Å²) >= 11 is 5.41. The molecule has 0 saturated carbocycles. The van der Waals surface area contributed by atoms with E-state index in [1.165, 1.54) is 17.9 Å². The highest BCUT2D eigenvalue weighted by Gasteiger charge is 2.14. The van der Waals surface area contributed by atoms with Gasteiger partial charge in [-0.2, -0.15) is 0 Å². The Hall–Kier alpha value is 0.01000. The predicted molar refractivity (Wildman–Crippen MR) is 61.3 cm³/mol. The SMILES string of the molecule is Brc1ccc(S[C@@H]2CCNC2)cc1. The number of rotatable bonds is 2. The maximum absolute atomic E-state index is 3.44. The van der Waals surface area contributed by atoms with E-state index in [9.17, 15) is 0 Å². The Morgan fingerprint density at radius 3 is 2.69 bits per heavy atom. The number of benzene rings is 1. The minimum absolute atomic E-state index is 0.765. The van der Waals surface area contributed by atoms with Crippen LogP contribution in [0.25, 0.3) is 0 Å². The molecule has 0 bridgehead atoms. The van der Waals surface area contributed by atoms with E-state index < -0.39 is 0 Å². The zero-order valence-corrected chi connectivity index (χ0v) is 9.70. The lowest BCUT2D eigenvalue weighted by Crippen LogP contribution is -2.09. The Morgan fingerprint density at radius 1 is 1.31 bits per heavy atom. The summed E-state index contributed by atoms with van der Waals surface area (Å²) in [6.07, 6.45) is 1.29. The summed E-state index contributed by atoms with van der Waals surface area (Å²) in [5.74, 6) is 0. The van der Waals surface area contributed by atoms with E-state index in [-0.39, 0.29) is 0 Å². The monoisotopic (exact) mass is 257 g/mol. The first-order chi connectivity index (χ1) is 6.34. The van der Waals surface area contributed by atoms with Gasteiger partial charge in [-0.05, 0) is 37.2 Å². The van der Waals surface area contributed by atoms with Crippen LogP contribution < -0.4 is 5.32 Å². The molecule has 1 aromatic rings. The fourth-order valence-corrected chi connectivity index (χ4v) is 2.81. The van der Waals surface area contributed by atoms with Crippen LogP contribution in [0.4, 0.5) is 0 Å². The van der Waals surface area contributed by atoms with Crippen LogP contribution in [0.1, 0.15) is 6.42 Å². The maximum atomic E-state index is 3.44. The number of hydrogen-bond acceptors (Lipinski definition) is 2. The largest absolute Gasteiger partial charge is 0.316 e. The van der Waals surface area contributed by atoms with Crippen LogP contribution in [0.5, 0.6) is 0 Å². The molecule has 1 heterocycles. The summed E-state index contributed by atoms with van der Waals surface area (Å²) in [4.78, 5) is 1.37. The van der Waals surface area contributed by atoms with Gasteiger partial charge in [0.2, 0.25) is 0 Å². The fourth-order valence-electron chi connectivity index (χ4n) is 1.43. The summed E-state index contributed by atoms with van der Waals surface area (Å²) in [5, 5.41) is 4.14. The van der Waals surface area contributed by atoms with Crippen LogP contribution in [-0.4, -0.2) is 18.3 Å². The lowest BCUT2D eigenvalue weighted by Gasteiger charge is -2.07. The molecule has 0 radical (unpaired) electrons. The second kappa shape index (κ2) is 4.49. The molecule has 0 unspecified atom stereocenters. The molecule has 3 heteroatoms. The van der Waals surface area contributed by atoms with Crippen molar-refractivity contribution in [2.45, 2.75) is 16.6 Å². The Kier molecular flexibility index (Phi) is 3.30. The first-order valence-electron chi connectivity index (χ1n) is 4.47. The standard InChI is InChI=1S/C10H12BrNS/c11-8-1-3-9(4-2-8)13-10-5-6-12-7-10/h1-4,10,12H,5-7H2/t10-/m1/s1. The van der Waals surface area contributed by atoms with Crippen LogP contribution >= 0.6 is 27.7 Å². The normalized spacial score (nSPS) is 22.1. The molecule has 2 rings (SSSR count). The van der Waals surface area contributed by atoms with E-state index in [0.29, 0.717) is 0 Å². The van der Waals surface area contributed by atoms with E-state index >= 15 is 0 Å². The van der Waals surface area contributed by atoms with Gasteiger partial charge in [-0.3, -0.25) is 0 Å². The van der Waals surface area contributed by atoms with Gasteiger partial charge in [-0.15, -0.1) is 11.8 Å². The molecular formula is C10H12BrNS. The molecule has 1 aliphatic rings. The Balaban J connectivity index is 1.97. The minimum Gasteiger partial charge on any atom is -0.316 e. The van der Waals surface area contributed by atoms with Gasteiger partial charge in [0.05, 0.1) is 0 Å². The fraction of sp³-hybridized carbons (Fsp3) is 0.400. The maximum Gasteiger partial charge on any atom is 0.0231 e. The lowest BCUT2D eigenvalue weighted by molar-refractivity contribution is 0.858. The van der Waals surface area contributed by atoms with Gasteiger partial charge >= 0.3 is 0 Å². The highest BCUT2D eigenvalue weighted by atomic mass is 79.9. The highest BCUT2D eigenvalue weighted by molar-refractivity contribution is 9.10. The number of halogens is 1. The van der Waals surface area contributed by atoms with E-state index in [1.807, 2.05) is 11.8 Å². The molecule has 1 aliphatic heterocycles. The van der Waals surface area contributed by atoms with Gasteiger partial charge in [0, 0.05) is 21.2 Å². The second-order valence-corrected chi connectivity index (χ2v) is 5.48. The summed E-state index contributed by atoms with van der Waals surface area (Å²) in [6, 6.07) is 8.55. The zero-order valence-electron chi connectivity index (χ0n) is 7.29. The summed E-state index contributed by atoms with van der Waals surface area (Å²) in [7, 11) is 0. The van der Waals surface area contributed by atoms with Crippen molar-refractivity contribution >= 4 is 27.7 Å². The van der Waals surface area contributed by atoms with Gasteiger partial charge < -0.3 is 5.32 Å². The smallest absolute Gasteiger partial charge is 0.0231 e. The third kappa shape index (κ3) is 2.73. The number of nitrogens with one attached hydrogen (secondary N) is 1. The molecule has 1 N–H and O–H groups in total. The molecule has 0 aromatic heterocycles. The average Bonchev–Trinajstić information content (AvgIpc) is 2.62. The van der Waals surface area contributed by atoms with Gasteiger partial charge in [-0.25, -0.2) is 0 Å². The topological polar surface area (TPSA) is 12.0 Å². The van der Waals surface area contributed by atoms with E-state index in [4.69, 9.17) is 0 Å². The van der Waals surface area contributed by atoms with E-state index in [1.54, 1.807) is 0 Å². The summed E-state index contributed by atoms with van der Waals surface area (Å²) < 4.78 is 1.15. The first kappa shape index (κ1) is 9.56. The Bertz CT molecular complexity index is 267. The zero-order chi connectivity index (χ0) is 9.10. The van der Waals surface area contributed by atoms with Crippen molar-refractivity contribution in [3.63, 3.8) is 0 Å². The Labute approximate surface area is 91.4 Å². The van der Waals surface area contributed by atoms with Gasteiger partial charge in [0.1, 0.15) is 0 Å². The van der Waals surface area contributed by atoms with Crippen LogP contribution in [0.2, 0.25) is 0 Å². The minimum atomic E-state index is 0.765. The highest BCUT2D eigenvalue weighted by Crippen LogP contribution is 2.27. The van der Waals surface area contributed by atoms with E-state index in [2.05, 4.69) is 45.5 Å². The van der Waals surface area contributed by atoms with Crippen molar-refractivity contribution in [1.29, 1.82) is 0 Å². The molecule has 1 saturated heterocycles. The van der Waals surface area contributed by atoms with Crippen molar-refractivity contribution < 1.29 is 0 Å². The lowest BCUT2D eigenvalue weighted by atomic mass is 10.4. The molecule has 1 nitrogen and oxygen atoms in total. The molecule has 13 heavy (non-hydrogen) atoms. The second-order valence-electron chi connectivity index (χ2n) is 3.19. The molecule has 1 aromatic carbocycles. The molecule has 1 atom stereocenters. The first-order valence-corrected chi connectivity index (χ1v) is 6.15. The number of hydrogen-bond donors (Lipinski definition) is 1. The predicted octanol–water partition coefficient (Wildman–Crippen LogP) is 2.90. The van der Waals surface area contributed by atoms with Gasteiger partial charge in [-0.1, -0.05) is 15.9 Å². The van der Waals surface area contributed by atoms with Crippen LogP contribution in [0.3, 0.4) is 0 Å². The molecule has 1 fully saturated rings. The molecule has 70 valence electrons. The third-order valence-electron chi connectivity index (χ3n) is 2.13. The summed E-state index contributed by atoms with van der Waals surface area (Å²) in [5.41, 5.74) is 0. The Morgan fingerprint density at radius 2 is 2.08 bits per heavy atom. The van der Waals surface area contributed by atoms with Crippen LogP contribution in [0.15, 0.2) is 33.6 Å². The van der Waals surface area contributed by atoms with Crippen molar-refractivity contribution in [3.8, 4) is 0 Å².